The Morgan fingerprint density at radius 1 is 1.33 bits per heavy atom. The van der Waals surface area contributed by atoms with Crippen molar-refractivity contribution in [3.63, 3.8) is 0 Å². The second kappa shape index (κ2) is 4.96. The van der Waals surface area contributed by atoms with E-state index in [0.29, 0.717) is 12.0 Å². The van der Waals surface area contributed by atoms with Crippen LogP contribution in [0.1, 0.15) is 11.1 Å². The summed E-state index contributed by atoms with van der Waals surface area (Å²) in [7, 11) is 0. The SMILES string of the molecule is NOCCc1ccc(Br)c(C(F)(F)F)c1. The van der Waals surface area contributed by atoms with E-state index in [2.05, 4.69) is 20.8 Å². The van der Waals surface area contributed by atoms with Crippen LogP contribution in [0.2, 0.25) is 0 Å². The van der Waals surface area contributed by atoms with Crippen molar-refractivity contribution in [2.75, 3.05) is 6.61 Å². The van der Waals surface area contributed by atoms with Gasteiger partial charge in [0.05, 0.1) is 12.2 Å². The van der Waals surface area contributed by atoms with Crippen molar-refractivity contribution in [1.29, 1.82) is 0 Å². The van der Waals surface area contributed by atoms with Crippen molar-refractivity contribution in [2.24, 2.45) is 5.90 Å². The second-order valence-electron chi connectivity index (χ2n) is 2.93. The van der Waals surface area contributed by atoms with E-state index in [4.69, 9.17) is 5.90 Å². The van der Waals surface area contributed by atoms with E-state index in [1.165, 1.54) is 6.07 Å². The van der Waals surface area contributed by atoms with Gasteiger partial charge in [-0.15, -0.1) is 0 Å². The summed E-state index contributed by atoms with van der Waals surface area (Å²) in [4.78, 5) is 4.31. The minimum atomic E-state index is -4.35. The van der Waals surface area contributed by atoms with Crippen LogP contribution in [-0.2, 0) is 17.4 Å². The van der Waals surface area contributed by atoms with E-state index in [0.717, 1.165) is 6.07 Å². The molecule has 0 aliphatic rings. The van der Waals surface area contributed by atoms with Crippen LogP contribution < -0.4 is 5.90 Å². The molecule has 0 aromatic heterocycles. The Balaban J connectivity index is 2.95. The van der Waals surface area contributed by atoms with Crippen LogP contribution in [0.4, 0.5) is 13.2 Å². The van der Waals surface area contributed by atoms with Gasteiger partial charge in [0.25, 0.3) is 0 Å². The number of rotatable bonds is 3. The number of hydrogen-bond acceptors (Lipinski definition) is 2. The molecule has 0 amide bonds. The van der Waals surface area contributed by atoms with Crippen molar-refractivity contribution in [3.8, 4) is 0 Å². The van der Waals surface area contributed by atoms with Crippen LogP contribution in [0.5, 0.6) is 0 Å². The van der Waals surface area contributed by atoms with Gasteiger partial charge < -0.3 is 4.84 Å². The number of hydrogen-bond donors (Lipinski definition) is 1. The molecule has 0 radical (unpaired) electrons. The zero-order chi connectivity index (χ0) is 11.5. The molecule has 84 valence electrons. The first kappa shape index (κ1) is 12.5. The van der Waals surface area contributed by atoms with Gasteiger partial charge in [-0.1, -0.05) is 22.0 Å². The Labute approximate surface area is 93.3 Å². The molecule has 0 bridgehead atoms. The normalized spacial score (nSPS) is 11.8. The predicted molar refractivity (Wildman–Crippen MR) is 53.0 cm³/mol. The number of benzene rings is 1. The average Bonchev–Trinajstić information content (AvgIpc) is 2.15. The van der Waals surface area contributed by atoms with Crippen LogP contribution in [0.15, 0.2) is 22.7 Å². The summed E-state index contributed by atoms with van der Waals surface area (Å²) in [5.41, 5.74) is -0.145. The molecule has 6 heteroatoms. The van der Waals surface area contributed by atoms with Gasteiger partial charge in [-0.25, -0.2) is 5.90 Å². The quantitative estimate of drug-likeness (QED) is 0.866. The smallest absolute Gasteiger partial charge is 0.304 e. The first-order chi connectivity index (χ1) is 6.95. The molecule has 0 unspecified atom stereocenters. The van der Waals surface area contributed by atoms with E-state index < -0.39 is 11.7 Å². The van der Waals surface area contributed by atoms with Crippen molar-refractivity contribution in [1.82, 2.24) is 0 Å². The third-order valence-electron chi connectivity index (χ3n) is 1.84. The molecule has 2 nitrogen and oxygen atoms in total. The van der Waals surface area contributed by atoms with Gasteiger partial charge in [0.15, 0.2) is 0 Å². The second-order valence-corrected chi connectivity index (χ2v) is 3.79. The Hall–Kier alpha value is -0.590. The van der Waals surface area contributed by atoms with Crippen molar-refractivity contribution in [3.05, 3.63) is 33.8 Å². The lowest BCUT2D eigenvalue weighted by Gasteiger charge is -2.10. The maximum atomic E-state index is 12.5. The summed E-state index contributed by atoms with van der Waals surface area (Å²) < 4.78 is 37.4. The standard InChI is InChI=1S/C9H9BrF3NO/c10-8-2-1-6(3-4-15-14)5-7(8)9(11,12)13/h1-2,5H,3-4,14H2. The minimum Gasteiger partial charge on any atom is -0.304 e. The lowest BCUT2D eigenvalue weighted by atomic mass is 10.1. The van der Waals surface area contributed by atoms with Crippen molar-refractivity contribution in [2.45, 2.75) is 12.6 Å². The molecule has 2 N–H and O–H groups in total. The molecule has 0 heterocycles. The molecule has 0 atom stereocenters. The van der Waals surface area contributed by atoms with Gasteiger partial charge in [-0.3, -0.25) is 0 Å². The fraction of sp³-hybridized carbons (Fsp3) is 0.333. The Kier molecular flexibility index (Phi) is 4.12. The van der Waals surface area contributed by atoms with E-state index in [9.17, 15) is 13.2 Å². The Bertz CT molecular complexity index is 341. The van der Waals surface area contributed by atoms with E-state index >= 15 is 0 Å². The van der Waals surface area contributed by atoms with Crippen LogP contribution in [0, 0.1) is 0 Å². The molecule has 0 aliphatic carbocycles. The fourth-order valence-electron chi connectivity index (χ4n) is 1.12. The first-order valence-corrected chi connectivity index (χ1v) is 4.91. The molecule has 0 saturated carbocycles. The van der Waals surface area contributed by atoms with Crippen LogP contribution in [0.25, 0.3) is 0 Å². The molecular weight excluding hydrogens is 275 g/mol. The van der Waals surface area contributed by atoms with E-state index in [1.54, 1.807) is 6.07 Å². The maximum absolute atomic E-state index is 12.5. The van der Waals surface area contributed by atoms with Gasteiger partial charge in [0.1, 0.15) is 0 Å². The Morgan fingerprint density at radius 2 is 2.00 bits per heavy atom. The molecule has 15 heavy (non-hydrogen) atoms. The molecule has 1 aromatic carbocycles. The summed E-state index contributed by atoms with van der Waals surface area (Å²) >= 11 is 2.86. The molecule has 1 rings (SSSR count). The zero-order valence-corrected chi connectivity index (χ0v) is 9.23. The van der Waals surface area contributed by atoms with E-state index in [-0.39, 0.29) is 11.1 Å². The summed E-state index contributed by atoms with van der Waals surface area (Å²) in [5.74, 6) is 4.80. The monoisotopic (exact) mass is 283 g/mol. The van der Waals surface area contributed by atoms with Crippen LogP contribution in [-0.4, -0.2) is 6.61 Å². The topological polar surface area (TPSA) is 35.2 Å². The highest BCUT2D eigenvalue weighted by Gasteiger charge is 2.32. The molecule has 0 saturated heterocycles. The summed E-state index contributed by atoms with van der Waals surface area (Å²) in [6.45, 7) is 0.193. The average molecular weight is 284 g/mol. The minimum absolute atomic E-state index is 0.0346. The van der Waals surface area contributed by atoms with Gasteiger partial charge >= 0.3 is 6.18 Å². The predicted octanol–water partition coefficient (Wildman–Crippen LogP) is 2.90. The highest BCUT2D eigenvalue weighted by Crippen LogP contribution is 2.35. The molecular formula is C9H9BrF3NO. The van der Waals surface area contributed by atoms with Crippen molar-refractivity contribution >= 4 is 15.9 Å². The largest absolute Gasteiger partial charge is 0.417 e. The molecule has 0 aliphatic heterocycles. The summed E-state index contributed by atoms with van der Waals surface area (Å²) in [5, 5.41) is 0. The molecule has 0 spiro atoms. The van der Waals surface area contributed by atoms with Gasteiger partial charge in [0, 0.05) is 4.47 Å². The van der Waals surface area contributed by atoms with Crippen LogP contribution >= 0.6 is 15.9 Å². The summed E-state index contributed by atoms with van der Waals surface area (Å²) in [6.07, 6.45) is -3.99. The highest BCUT2D eigenvalue weighted by molar-refractivity contribution is 9.10. The zero-order valence-electron chi connectivity index (χ0n) is 7.64. The number of halogens is 4. The molecule has 0 fully saturated rings. The fourth-order valence-corrected chi connectivity index (χ4v) is 1.59. The molecule has 1 aromatic rings. The van der Waals surface area contributed by atoms with Crippen molar-refractivity contribution < 1.29 is 18.0 Å². The van der Waals surface area contributed by atoms with Gasteiger partial charge in [0.2, 0.25) is 0 Å². The van der Waals surface area contributed by atoms with Gasteiger partial charge in [-0.05, 0) is 24.1 Å². The number of nitrogens with two attached hydrogens (primary N) is 1. The summed E-state index contributed by atoms with van der Waals surface area (Å²) in [6, 6.07) is 4.05. The third-order valence-corrected chi connectivity index (χ3v) is 2.54. The number of alkyl halides is 3. The van der Waals surface area contributed by atoms with Gasteiger partial charge in [-0.2, -0.15) is 13.2 Å². The van der Waals surface area contributed by atoms with Crippen LogP contribution in [0.3, 0.4) is 0 Å². The first-order valence-electron chi connectivity index (χ1n) is 4.12. The maximum Gasteiger partial charge on any atom is 0.417 e. The third kappa shape index (κ3) is 3.48. The lowest BCUT2D eigenvalue weighted by molar-refractivity contribution is -0.138. The highest BCUT2D eigenvalue weighted by atomic mass is 79.9. The lowest BCUT2D eigenvalue weighted by Crippen LogP contribution is -2.08. The Morgan fingerprint density at radius 3 is 2.53 bits per heavy atom. The van der Waals surface area contributed by atoms with E-state index in [1.807, 2.05) is 0 Å².